The summed E-state index contributed by atoms with van der Waals surface area (Å²) < 4.78 is 0. The zero-order chi connectivity index (χ0) is 6.69. The Morgan fingerprint density at radius 3 is 2.67 bits per heavy atom. The second kappa shape index (κ2) is 3.02. The van der Waals surface area contributed by atoms with Crippen molar-refractivity contribution in [3.63, 3.8) is 0 Å². The molecule has 1 aliphatic carbocycles. The predicted octanol–water partition coefficient (Wildman–Crippen LogP) is 1.55. The van der Waals surface area contributed by atoms with Crippen molar-refractivity contribution in [3.8, 4) is 0 Å². The molecule has 0 aromatic carbocycles. The molecule has 9 heavy (non-hydrogen) atoms. The minimum absolute atomic E-state index is 0.786. The Morgan fingerprint density at radius 2 is 2.33 bits per heavy atom. The van der Waals surface area contributed by atoms with E-state index in [1.807, 2.05) is 0 Å². The molecule has 0 saturated heterocycles. The van der Waals surface area contributed by atoms with Gasteiger partial charge in [-0.25, -0.2) is 0 Å². The van der Waals surface area contributed by atoms with E-state index in [9.17, 15) is 0 Å². The Morgan fingerprint density at radius 1 is 1.56 bits per heavy atom. The van der Waals surface area contributed by atoms with Gasteiger partial charge < -0.3 is 5.73 Å². The van der Waals surface area contributed by atoms with Gasteiger partial charge in [-0.05, 0) is 37.6 Å². The summed E-state index contributed by atoms with van der Waals surface area (Å²) in [5.41, 5.74) is 5.42. The summed E-state index contributed by atoms with van der Waals surface area (Å²) in [6, 6.07) is 0. The van der Waals surface area contributed by atoms with E-state index >= 15 is 0 Å². The first-order chi connectivity index (χ1) is 4.38. The summed E-state index contributed by atoms with van der Waals surface area (Å²) in [4.78, 5) is 0. The van der Waals surface area contributed by atoms with E-state index < -0.39 is 0 Å². The third-order valence-electron chi connectivity index (χ3n) is 2.32. The zero-order valence-corrected chi connectivity index (χ0v) is 5.84. The molecular weight excluding hydrogens is 110 g/mol. The lowest BCUT2D eigenvalue weighted by atomic mass is 9.72. The van der Waals surface area contributed by atoms with E-state index in [0.29, 0.717) is 0 Å². The molecule has 0 aromatic rings. The van der Waals surface area contributed by atoms with Gasteiger partial charge in [0.15, 0.2) is 0 Å². The van der Waals surface area contributed by atoms with Crippen LogP contribution >= 0.6 is 0 Å². The van der Waals surface area contributed by atoms with Crippen molar-refractivity contribution < 1.29 is 0 Å². The first-order valence-corrected chi connectivity index (χ1v) is 3.71. The summed E-state index contributed by atoms with van der Waals surface area (Å²) in [7, 11) is 0. The number of hydrogen-bond acceptors (Lipinski definition) is 1. The maximum absolute atomic E-state index is 5.42. The number of allylic oxidation sites excluding steroid dienone is 1. The molecular formula is C8H15N. The Hall–Kier alpha value is -0.300. The van der Waals surface area contributed by atoms with Gasteiger partial charge in [0.2, 0.25) is 0 Å². The van der Waals surface area contributed by atoms with Gasteiger partial charge in [0.05, 0.1) is 0 Å². The molecule has 0 aliphatic heterocycles. The van der Waals surface area contributed by atoms with E-state index in [1.54, 1.807) is 0 Å². The Balaban J connectivity index is 2.18. The van der Waals surface area contributed by atoms with Crippen molar-refractivity contribution in [2.75, 3.05) is 6.54 Å². The predicted molar refractivity (Wildman–Crippen MR) is 40.1 cm³/mol. The van der Waals surface area contributed by atoms with E-state index in [2.05, 4.69) is 12.7 Å². The average Bonchev–Trinajstić information content (AvgIpc) is 1.82. The van der Waals surface area contributed by atoms with Gasteiger partial charge in [-0.2, -0.15) is 0 Å². The van der Waals surface area contributed by atoms with Crippen LogP contribution in [0.3, 0.4) is 0 Å². The van der Waals surface area contributed by atoms with Crippen molar-refractivity contribution in [3.05, 3.63) is 12.7 Å². The highest BCUT2D eigenvalue weighted by atomic mass is 14.5. The minimum atomic E-state index is 0.786. The van der Waals surface area contributed by atoms with Crippen LogP contribution in [0.5, 0.6) is 0 Å². The van der Waals surface area contributed by atoms with Crippen LogP contribution in [0.1, 0.15) is 19.3 Å². The van der Waals surface area contributed by atoms with Crippen LogP contribution in [-0.4, -0.2) is 6.54 Å². The topological polar surface area (TPSA) is 26.0 Å². The molecule has 0 spiro atoms. The van der Waals surface area contributed by atoms with Crippen molar-refractivity contribution in [2.24, 2.45) is 17.6 Å². The Bertz CT molecular complexity index is 98.7. The molecule has 1 rings (SSSR count). The lowest BCUT2D eigenvalue weighted by Crippen LogP contribution is -2.26. The molecule has 0 radical (unpaired) electrons. The van der Waals surface area contributed by atoms with Crippen LogP contribution in [0.4, 0.5) is 0 Å². The largest absolute Gasteiger partial charge is 0.330 e. The lowest BCUT2D eigenvalue weighted by Gasteiger charge is -2.34. The molecule has 0 amide bonds. The molecule has 1 fully saturated rings. The van der Waals surface area contributed by atoms with Gasteiger partial charge in [0, 0.05) is 0 Å². The average molecular weight is 125 g/mol. The molecule has 1 heteroatoms. The van der Waals surface area contributed by atoms with E-state index in [1.165, 1.54) is 19.3 Å². The molecule has 0 aromatic heterocycles. The van der Waals surface area contributed by atoms with Gasteiger partial charge in [0.25, 0.3) is 0 Å². The van der Waals surface area contributed by atoms with Gasteiger partial charge in [-0.3, -0.25) is 0 Å². The summed E-state index contributed by atoms with van der Waals surface area (Å²) in [5, 5.41) is 0. The third-order valence-corrected chi connectivity index (χ3v) is 2.32. The molecule has 1 saturated carbocycles. The van der Waals surface area contributed by atoms with Gasteiger partial charge in [0.1, 0.15) is 0 Å². The zero-order valence-electron chi connectivity index (χ0n) is 5.84. The van der Waals surface area contributed by atoms with Crippen molar-refractivity contribution in [2.45, 2.75) is 19.3 Å². The molecule has 0 bridgehead atoms. The number of rotatable bonds is 3. The van der Waals surface area contributed by atoms with Gasteiger partial charge >= 0.3 is 0 Å². The smallest absolute Gasteiger partial charge is 0.00744 e. The van der Waals surface area contributed by atoms with E-state index in [0.717, 1.165) is 18.4 Å². The highest BCUT2D eigenvalue weighted by Gasteiger charge is 2.26. The molecule has 0 heterocycles. The molecule has 1 aliphatic rings. The summed E-state index contributed by atoms with van der Waals surface area (Å²) in [6.45, 7) is 4.62. The van der Waals surface area contributed by atoms with Crippen LogP contribution in [0, 0.1) is 11.8 Å². The first kappa shape index (κ1) is 6.81. The molecule has 1 unspecified atom stereocenters. The van der Waals surface area contributed by atoms with Crippen LogP contribution in [0.15, 0.2) is 12.7 Å². The lowest BCUT2D eigenvalue weighted by molar-refractivity contribution is 0.216. The molecule has 2 N–H and O–H groups in total. The van der Waals surface area contributed by atoms with E-state index in [-0.39, 0.29) is 0 Å². The fraction of sp³-hybridized carbons (Fsp3) is 0.750. The third kappa shape index (κ3) is 1.33. The molecule has 52 valence electrons. The van der Waals surface area contributed by atoms with Crippen molar-refractivity contribution >= 4 is 0 Å². The fourth-order valence-electron chi connectivity index (χ4n) is 1.48. The second-order valence-corrected chi connectivity index (χ2v) is 2.81. The van der Waals surface area contributed by atoms with Crippen molar-refractivity contribution in [1.29, 1.82) is 0 Å². The van der Waals surface area contributed by atoms with Gasteiger partial charge in [-0.15, -0.1) is 6.58 Å². The van der Waals surface area contributed by atoms with Crippen LogP contribution in [0.25, 0.3) is 0 Å². The van der Waals surface area contributed by atoms with Crippen LogP contribution < -0.4 is 5.73 Å². The normalized spacial score (nSPS) is 33.4. The van der Waals surface area contributed by atoms with E-state index in [4.69, 9.17) is 5.73 Å². The molecule has 1 nitrogen and oxygen atoms in total. The van der Waals surface area contributed by atoms with Crippen LogP contribution in [0.2, 0.25) is 0 Å². The Kier molecular flexibility index (Phi) is 2.29. The first-order valence-electron chi connectivity index (χ1n) is 3.71. The maximum Gasteiger partial charge on any atom is -0.00744 e. The highest BCUT2D eigenvalue weighted by Crippen LogP contribution is 2.36. The number of hydrogen-bond donors (Lipinski definition) is 1. The van der Waals surface area contributed by atoms with Gasteiger partial charge in [-0.1, -0.05) is 6.08 Å². The molecule has 2 atom stereocenters. The fourth-order valence-corrected chi connectivity index (χ4v) is 1.48. The van der Waals surface area contributed by atoms with Crippen LogP contribution in [-0.2, 0) is 0 Å². The summed E-state index contributed by atoms with van der Waals surface area (Å²) >= 11 is 0. The highest BCUT2D eigenvalue weighted by molar-refractivity contribution is 4.92. The minimum Gasteiger partial charge on any atom is -0.330 e. The summed E-state index contributed by atoms with van der Waals surface area (Å²) in [5.74, 6) is 1.65. The standard InChI is InChI=1S/C8H15N/c1-2-7-3-4-8(7)5-6-9/h2,7-8H,1,3-6,9H2/t7?,8-/m1/s1. The second-order valence-electron chi connectivity index (χ2n) is 2.81. The van der Waals surface area contributed by atoms with Crippen molar-refractivity contribution in [1.82, 2.24) is 0 Å². The Labute approximate surface area is 56.9 Å². The quantitative estimate of drug-likeness (QED) is 0.569. The number of nitrogens with two attached hydrogens (primary N) is 1. The SMILES string of the molecule is C=CC1CC[C@@H]1CCN. The monoisotopic (exact) mass is 125 g/mol. The summed E-state index contributed by atoms with van der Waals surface area (Å²) in [6.07, 6.45) is 5.97. The maximum atomic E-state index is 5.42.